The number of fused-ring (bicyclic) bond motifs is 1. The minimum atomic E-state index is 0.907. The fourth-order valence-electron chi connectivity index (χ4n) is 0.743. The summed E-state index contributed by atoms with van der Waals surface area (Å²) in [4.78, 5) is 3.91. The molecule has 0 aliphatic carbocycles. The first-order valence-electron chi connectivity index (χ1n) is 2.65. The number of aromatic nitrogens is 1. The van der Waals surface area contributed by atoms with Gasteiger partial charge in [-0.25, -0.2) is 0 Å². The lowest BCUT2D eigenvalue weighted by molar-refractivity contribution is 0.978. The third kappa shape index (κ3) is 0.579. The van der Waals surface area contributed by atoms with Crippen molar-refractivity contribution in [2.24, 2.45) is 5.10 Å². The molecule has 0 aromatic carbocycles. The lowest BCUT2D eigenvalue weighted by Gasteiger charge is -1.75. The van der Waals surface area contributed by atoms with Gasteiger partial charge in [0.15, 0.2) is 0 Å². The van der Waals surface area contributed by atoms with Crippen LogP contribution in [0.25, 0.3) is 6.20 Å². The van der Waals surface area contributed by atoms with Gasteiger partial charge in [-0.05, 0) is 6.07 Å². The van der Waals surface area contributed by atoms with Gasteiger partial charge in [0.05, 0.1) is 11.6 Å². The molecule has 0 atom stereocenters. The van der Waals surface area contributed by atoms with Gasteiger partial charge in [-0.3, -0.25) is 4.98 Å². The van der Waals surface area contributed by atoms with Crippen LogP contribution in [-0.2, 0) is 0 Å². The molecule has 1 aromatic rings. The van der Waals surface area contributed by atoms with Crippen LogP contribution in [0.1, 0.15) is 0 Å². The van der Waals surface area contributed by atoms with Crippen molar-refractivity contribution in [1.29, 1.82) is 0 Å². The summed E-state index contributed by atoms with van der Waals surface area (Å²) < 4.78 is 0. The predicted octanol–water partition coefficient (Wildman–Crippen LogP) is -1.03. The van der Waals surface area contributed by atoms with Crippen molar-refractivity contribution in [3.8, 4) is 0 Å². The number of nitrogens with zero attached hydrogens (tertiary/aromatic N) is 3. The van der Waals surface area contributed by atoms with Crippen LogP contribution in [-0.4, -0.2) is 4.98 Å². The fourth-order valence-corrected chi connectivity index (χ4v) is 0.743. The first-order valence-corrected chi connectivity index (χ1v) is 2.65. The highest BCUT2D eigenvalue weighted by molar-refractivity contribution is 5.20. The standard InChI is InChI=1S/C6H4N3/c1-2-7-3-5-4-8-9-6(1)5/h1-4H. The first-order chi connectivity index (χ1) is 4.47. The lowest BCUT2D eigenvalue weighted by atomic mass is 10.4. The summed E-state index contributed by atoms with van der Waals surface area (Å²) in [6, 6.07) is 1.84. The normalized spacial score (nSPS) is 12.9. The van der Waals surface area contributed by atoms with E-state index >= 15 is 0 Å². The monoisotopic (exact) mass is 118 g/mol. The van der Waals surface area contributed by atoms with Crippen molar-refractivity contribution in [3.63, 3.8) is 0 Å². The molecule has 1 radical (unpaired) electrons. The third-order valence-corrected chi connectivity index (χ3v) is 1.19. The van der Waals surface area contributed by atoms with Gasteiger partial charge >= 0.3 is 0 Å². The van der Waals surface area contributed by atoms with Crippen LogP contribution >= 0.6 is 0 Å². The van der Waals surface area contributed by atoms with E-state index in [-0.39, 0.29) is 0 Å². The van der Waals surface area contributed by atoms with Crippen LogP contribution in [0, 0.1) is 0 Å². The van der Waals surface area contributed by atoms with Crippen molar-refractivity contribution in [1.82, 2.24) is 10.4 Å². The molecule has 0 fully saturated rings. The molecule has 0 bridgehead atoms. The van der Waals surface area contributed by atoms with Crippen LogP contribution in [0.5, 0.6) is 0 Å². The largest absolute Gasteiger partial charge is 0.264 e. The molecule has 1 aliphatic rings. The molecule has 0 amide bonds. The highest BCUT2D eigenvalue weighted by Gasteiger charge is 1.91. The molecular weight excluding hydrogens is 114 g/mol. The van der Waals surface area contributed by atoms with E-state index in [1.54, 1.807) is 18.6 Å². The maximum atomic E-state index is 3.91. The molecule has 0 unspecified atom stereocenters. The minimum absolute atomic E-state index is 0.907. The van der Waals surface area contributed by atoms with Gasteiger partial charge < -0.3 is 0 Å². The number of rotatable bonds is 0. The Morgan fingerprint density at radius 2 is 2.33 bits per heavy atom. The minimum Gasteiger partial charge on any atom is -0.264 e. The zero-order valence-electron chi connectivity index (χ0n) is 4.65. The molecule has 3 heteroatoms. The molecule has 9 heavy (non-hydrogen) atoms. The Bertz CT molecular complexity index is 295. The van der Waals surface area contributed by atoms with Gasteiger partial charge in [0.25, 0.3) is 0 Å². The Labute approximate surface area is 51.7 Å². The van der Waals surface area contributed by atoms with Crippen molar-refractivity contribution in [2.75, 3.05) is 0 Å². The van der Waals surface area contributed by atoms with E-state index in [0.717, 1.165) is 10.6 Å². The first kappa shape index (κ1) is 4.49. The molecule has 2 heterocycles. The Balaban J connectivity index is 2.97. The van der Waals surface area contributed by atoms with Crippen LogP contribution in [0.4, 0.5) is 0 Å². The molecule has 0 spiro atoms. The summed E-state index contributed by atoms with van der Waals surface area (Å²) in [7, 11) is 0. The highest BCUT2D eigenvalue weighted by atomic mass is 15.3. The summed E-state index contributed by atoms with van der Waals surface area (Å²) in [6.07, 6.45) is 5.15. The predicted molar refractivity (Wildman–Crippen MR) is 31.6 cm³/mol. The van der Waals surface area contributed by atoms with Gasteiger partial charge in [-0.2, -0.15) is 10.5 Å². The van der Waals surface area contributed by atoms with E-state index in [4.69, 9.17) is 0 Å². The maximum Gasteiger partial charge on any atom is 0.0976 e. The Kier molecular flexibility index (Phi) is 0.773. The van der Waals surface area contributed by atoms with Crippen LogP contribution < -0.4 is 16.0 Å². The zero-order chi connectivity index (χ0) is 6.10. The highest BCUT2D eigenvalue weighted by Crippen LogP contribution is 1.70. The van der Waals surface area contributed by atoms with Crippen molar-refractivity contribution in [3.05, 3.63) is 29.0 Å². The molecular formula is C6H4N3. The van der Waals surface area contributed by atoms with Crippen LogP contribution in [0.3, 0.4) is 0 Å². The summed E-state index contributed by atoms with van der Waals surface area (Å²) in [6.45, 7) is 0. The molecule has 2 rings (SSSR count). The van der Waals surface area contributed by atoms with Gasteiger partial charge in [0.1, 0.15) is 0 Å². The molecule has 1 aromatic heterocycles. The molecule has 1 aliphatic heterocycles. The van der Waals surface area contributed by atoms with Gasteiger partial charge in [-0.15, -0.1) is 0 Å². The molecule has 0 saturated carbocycles. The second-order valence-electron chi connectivity index (χ2n) is 1.78. The van der Waals surface area contributed by atoms with Crippen LogP contribution in [0.2, 0.25) is 0 Å². The van der Waals surface area contributed by atoms with E-state index in [2.05, 4.69) is 15.5 Å². The SMILES string of the molecule is C1=c2cnccc2=N[N]1. The lowest BCUT2D eigenvalue weighted by Crippen LogP contribution is -2.20. The molecule has 0 N–H and O–H groups in total. The average Bonchev–Trinajstić information content (AvgIpc) is 2.33. The molecule has 0 saturated heterocycles. The topological polar surface area (TPSA) is 39.4 Å². The van der Waals surface area contributed by atoms with E-state index in [1.165, 1.54) is 0 Å². The van der Waals surface area contributed by atoms with Gasteiger partial charge in [0, 0.05) is 17.6 Å². The summed E-state index contributed by atoms with van der Waals surface area (Å²) in [5.41, 5.74) is 3.71. The zero-order valence-corrected chi connectivity index (χ0v) is 4.65. The van der Waals surface area contributed by atoms with E-state index in [0.29, 0.717) is 0 Å². The molecule has 3 nitrogen and oxygen atoms in total. The van der Waals surface area contributed by atoms with Crippen LogP contribution in [0.15, 0.2) is 23.6 Å². The Morgan fingerprint density at radius 1 is 1.33 bits per heavy atom. The third-order valence-electron chi connectivity index (χ3n) is 1.19. The number of hydrogen-bond acceptors (Lipinski definition) is 2. The van der Waals surface area contributed by atoms with Gasteiger partial charge in [-0.1, -0.05) is 0 Å². The maximum absolute atomic E-state index is 3.91. The van der Waals surface area contributed by atoms with Crippen molar-refractivity contribution < 1.29 is 0 Å². The Hall–Kier alpha value is -1.38. The van der Waals surface area contributed by atoms with Crippen molar-refractivity contribution in [2.45, 2.75) is 0 Å². The van der Waals surface area contributed by atoms with E-state index in [9.17, 15) is 0 Å². The summed E-state index contributed by atoms with van der Waals surface area (Å²) in [5, 5.41) is 5.73. The van der Waals surface area contributed by atoms with Gasteiger partial charge in [0.2, 0.25) is 0 Å². The second-order valence-corrected chi connectivity index (χ2v) is 1.78. The smallest absolute Gasteiger partial charge is 0.0976 e. The second kappa shape index (κ2) is 1.55. The van der Waals surface area contributed by atoms with Crippen molar-refractivity contribution >= 4 is 6.20 Å². The number of pyridine rings is 1. The average molecular weight is 118 g/mol. The molecule has 43 valence electrons. The Morgan fingerprint density at radius 3 is 3.22 bits per heavy atom. The van der Waals surface area contributed by atoms with E-state index < -0.39 is 0 Å². The summed E-state index contributed by atoms with van der Waals surface area (Å²) in [5.74, 6) is 0. The fraction of sp³-hybridized carbons (Fsp3) is 0. The quantitative estimate of drug-likeness (QED) is 0.429. The van der Waals surface area contributed by atoms with E-state index in [1.807, 2.05) is 6.07 Å². The summed E-state index contributed by atoms with van der Waals surface area (Å²) >= 11 is 0. The number of hydrogen-bond donors (Lipinski definition) is 0.